The highest BCUT2D eigenvalue weighted by atomic mass is 35.5. The fraction of sp³-hybridized carbons (Fsp3) is 0.462. The lowest BCUT2D eigenvalue weighted by Gasteiger charge is -2.31. The van der Waals surface area contributed by atoms with Gasteiger partial charge in [-0.1, -0.05) is 30.9 Å². The number of pyridine rings is 1. The lowest BCUT2D eigenvalue weighted by Crippen LogP contribution is -2.48. The number of nitriles is 1. The van der Waals surface area contributed by atoms with Crippen LogP contribution in [0.25, 0.3) is 0 Å². The van der Waals surface area contributed by atoms with Crippen molar-refractivity contribution in [2.75, 3.05) is 0 Å². The van der Waals surface area contributed by atoms with E-state index in [0.717, 1.165) is 31.5 Å². The Morgan fingerprint density at radius 2 is 2.14 bits per heavy atom. The van der Waals surface area contributed by atoms with E-state index in [1.54, 1.807) is 0 Å². The number of aromatic nitrogens is 1. The van der Waals surface area contributed by atoms with Crippen molar-refractivity contribution in [2.45, 2.75) is 37.6 Å². The van der Waals surface area contributed by atoms with Crippen LogP contribution in [0, 0.1) is 21.4 Å². The van der Waals surface area contributed by atoms with Crippen molar-refractivity contribution in [3.05, 3.63) is 33.1 Å². The first-order chi connectivity index (χ1) is 9.97. The molecule has 1 heterocycles. The Morgan fingerprint density at radius 3 is 2.71 bits per heavy atom. The number of amides is 1. The maximum absolute atomic E-state index is 12.3. The summed E-state index contributed by atoms with van der Waals surface area (Å²) in [6.07, 6.45) is 4.85. The molecule has 1 amide bonds. The van der Waals surface area contributed by atoms with E-state index in [1.165, 1.54) is 0 Å². The lowest BCUT2D eigenvalue weighted by molar-refractivity contribution is -0.385. The molecule has 0 spiro atoms. The number of hydrogen-bond donors (Lipinski definition) is 1. The number of nitrogens with zero attached hydrogens (tertiary/aromatic N) is 3. The van der Waals surface area contributed by atoms with Crippen molar-refractivity contribution < 1.29 is 9.72 Å². The number of carbonyl (C=O) groups is 1. The molecule has 1 fully saturated rings. The number of rotatable bonds is 3. The molecule has 1 aromatic heterocycles. The van der Waals surface area contributed by atoms with Crippen LogP contribution < -0.4 is 5.32 Å². The van der Waals surface area contributed by atoms with Gasteiger partial charge in [0.2, 0.25) is 0 Å². The monoisotopic (exact) mass is 308 g/mol. The number of carbonyl (C=O) groups excluding carboxylic acids is 1. The molecule has 1 N–H and O–H groups in total. The molecule has 0 aliphatic heterocycles. The summed E-state index contributed by atoms with van der Waals surface area (Å²) in [6, 6.07) is 3.21. The third-order valence-electron chi connectivity index (χ3n) is 3.55. The normalized spacial score (nSPS) is 16.8. The Balaban J connectivity index is 2.26. The van der Waals surface area contributed by atoms with Crippen molar-refractivity contribution >= 4 is 23.2 Å². The van der Waals surface area contributed by atoms with Gasteiger partial charge in [-0.05, 0) is 12.8 Å². The van der Waals surface area contributed by atoms with Gasteiger partial charge in [0.05, 0.1) is 16.6 Å². The predicted molar refractivity (Wildman–Crippen MR) is 74.8 cm³/mol. The molecule has 0 aromatic carbocycles. The van der Waals surface area contributed by atoms with Gasteiger partial charge in [0.25, 0.3) is 11.6 Å². The summed E-state index contributed by atoms with van der Waals surface area (Å²) in [5.41, 5.74) is -1.34. The number of halogens is 1. The summed E-state index contributed by atoms with van der Waals surface area (Å²) in [6.45, 7) is 0. The fourth-order valence-electron chi connectivity index (χ4n) is 2.40. The van der Waals surface area contributed by atoms with Gasteiger partial charge in [0.1, 0.15) is 16.9 Å². The highest BCUT2D eigenvalue weighted by Gasteiger charge is 2.34. The highest BCUT2D eigenvalue weighted by Crippen LogP contribution is 2.28. The maximum Gasteiger partial charge on any atom is 0.288 e. The van der Waals surface area contributed by atoms with Gasteiger partial charge in [-0.15, -0.1) is 0 Å². The Labute approximate surface area is 126 Å². The second-order valence-corrected chi connectivity index (χ2v) is 5.36. The van der Waals surface area contributed by atoms with Crippen molar-refractivity contribution in [2.24, 2.45) is 0 Å². The highest BCUT2D eigenvalue weighted by molar-refractivity contribution is 6.32. The van der Waals surface area contributed by atoms with Crippen LogP contribution in [-0.4, -0.2) is 21.4 Å². The Hall–Kier alpha value is -2.20. The summed E-state index contributed by atoms with van der Waals surface area (Å²) < 4.78 is 0. The number of hydrogen-bond acceptors (Lipinski definition) is 5. The third kappa shape index (κ3) is 3.28. The molecule has 110 valence electrons. The zero-order valence-corrected chi connectivity index (χ0v) is 11.9. The largest absolute Gasteiger partial charge is 0.334 e. The van der Waals surface area contributed by atoms with Gasteiger partial charge in [0.15, 0.2) is 0 Å². The van der Waals surface area contributed by atoms with E-state index in [2.05, 4.69) is 16.4 Å². The van der Waals surface area contributed by atoms with E-state index < -0.39 is 16.4 Å². The lowest BCUT2D eigenvalue weighted by atomic mass is 9.82. The van der Waals surface area contributed by atoms with Gasteiger partial charge in [-0.2, -0.15) is 5.26 Å². The molecule has 21 heavy (non-hydrogen) atoms. The molecular formula is C13H13ClN4O3. The number of nitro groups is 1. The topological polar surface area (TPSA) is 109 Å². The zero-order chi connectivity index (χ0) is 15.5. The standard InChI is InChI=1S/C13H13ClN4O3/c14-11-10(6-9(7-16-11)18(20)21)12(19)17-13(8-15)4-2-1-3-5-13/h6-7H,1-5H2,(H,17,19). The van der Waals surface area contributed by atoms with Gasteiger partial charge in [-0.3, -0.25) is 14.9 Å². The average Bonchev–Trinajstić information content (AvgIpc) is 2.48. The van der Waals surface area contributed by atoms with Crippen LogP contribution in [0.3, 0.4) is 0 Å². The molecule has 0 bridgehead atoms. The molecule has 0 saturated heterocycles. The molecule has 0 radical (unpaired) electrons. The predicted octanol–water partition coefficient (Wildman–Crippen LogP) is 2.60. The summed E-state index contributed by atoms with van der Waals surface area (Å²) in [5.74, 6) is -0.611. The third-order valence-corrected chi connectivity index (χ3v) is 3.86. The first kappa shape index (κ1) is 15.2. The van der Waals surface area contributed by atoms with Crippen LogP contribution in [0.4, 0.5) is 5.69 Å². The molecule has 1 aliphatic rings. The van der Waals surface area contributed by atoms with Gasteiger partial charge >= 0.3 is 0 Å². The van der Waals surface area contributed by atoms with Crippen molar-refractivity contribution in [1.82, 2.24) is 10.3 Å². The van der Waals surface area contributed by atoms with Crippen LogP contribution in [0.5, 0.6) is 0 Å². The van der Waals surface area contributed by atoms with Crippen molar-refractivity contribution in [3.63, 3.8) is 0 Å². The quantitative estimate of drug-likeness (QED) is 0.524. The molecule has 1 saturated carbocycles. The smallest absolute Gasteiger partial charge is 0.288 e. The van der Waals surface area contributed by atoms with E-state index in [0.29, 0.717) is 12.8 Å². The molecule has 1 aromatic rings. The molecule has 7 nitrogen and oxygen atoms in total. The minimum Gasteiger partial charge on any atom is -0.334 e. The fourth-order valence-corrected chi connectivity index (χ4v) is 2.59. The maximum atomic E-state index is 12.3. The molecule has 1 aliphatic carbocycles. The van der Waals surface area contributed by atoms with E-state index in [-0.39, 0.29) is 16.4 Å². The van der Waals surface area contributed by atoms with Crippen molar-refractivity contribution in [1.29, 1.82) is 5.26 Å². The molecule has 0 atom stereocenters. The second-order valence-electron chi connectivity index (χ2n) is 5.00. The summed E-state index contributed by atoms with van der Waals surface area (Å²) in [5, 5.41) is 22.6. The summed E-state index contributed by atoms with van der Waals surface area (Å²) in [7, 11) is 0. The minimum atomic E-state index is -0.927. The molecular weight excluding hydrogens is 296 g/mol. The van der Waals surface area contributed by atoms with Crippen LogP contribution in [0.15, 0.2) is 12.3 Å². The van der Waals surface area contributed by atoms with E-state index in [1.807, 2.05) is 0 Å². The second kappa shape index (κ2) is 6.06. The Bertz CT molecular complexity index is 620. The van der Waals surface area contributed by atoms with Gasteiger partial charge in [0, 0.05) is 6.07 Å². The Morgan fingerprint density at radius 1 is 1.48 bits per heavy atom. The number of nitrogens with one attached hydrogen (secondary N) is 1. The summed E-state index contributed by atoms with van der Waals surface area (Å²) in [4.78, 5) is 26.0. The first-order valence-electron chi connectivity index (χ1n) is 6.51. The molecule has 2 rings (SSSR count). The van der Waals surface area contributed by atoms with Crippen LogP contribution in [0.2, 0.25) is 5.15 Å². The van der Waals surface area contributed by atoms with Gasteiger partial charge in [-0.25, -0.2) is 4.98 Å². The SMILES string of the molecule is N#CC1(NC(=O)c2cc([N+](=O)[O-])cnc2Cl)CCCCC1. The molecule has 8 heteroatoms. The van der Waals surface area contributed by atoms with E-state index in [4.69, 9.17) is 11.6 Å². The average molecular weight is 309 g/mol. The van der Waals surface area contributed by atoms with Crippen LogP contribution in [0.1, 0.15) is 42.5 Å². The van der Waals surface area contributed by atoms with E-state index >= 15 is 0 Å². The van der Waals surface area contributed by atoms with Crippen molar-refractivity contribution in [3.8, 4) is 6.07 Å². The molecule has 0 unspecified atom stereocenters. The minimum absolute atomic E-state index is 0.0916. The van der Waals surface area contributed by atoms with E-state index in [9.17, 15) is 20.2 Å². The van der Waals surface area contributed by atoms with Crippen LogP contribution >= 0.6 is 11.6 Å². The van der Waals surface area contributed by atoms with Gasteiger partial charge < -0.3 is 5.32 Å². The van der Waals surface area contributed by atoms with Crippen LogP contribution in [-0.2, 0) is 0 Å². The Kier molecular flexibility index (Phi) is 4.38. The first-order valence-corrected chi connectivity index (χ1v) is 6.89. The summed E-state index contributed by atoms with van der Waals surface area (Å²) >= 11 is 5.82. The zero-order valence-electron chi connectivity index (χ0n) is 11.1.